The van der Waals surface area contributed by atoms with Crippen LogP contribution < -0.4 is 11.1 Å². The van der Waals surface area contributed by atoms with Crippen molar-refractivity contribution in [2.24, 2.45) is 0 Å². The van der Waals surface area contributed by atoms with E-state index in [9.17, 15) is 13.6 Å². The van der Waals surface area contributed by atoms with Crippen LogP contribution in [0, 0.1) is 18.6 Å². The number of nitrogen functional groups attached to an aromatic ring is 1. The number of nitrogens with two attached hydrogens (primary N) is 1. The maximum Gasteiger partial charge on any atom is 0.254 e. The first kappa shape index (κ1) is 13.9. The maximum atomic E-state index is 13.5. The Bertz CT molecular complexity index is 659. The van der Waals surface area contributed by atoms with Gasteiger partial charge in [-0.2, -0.15) is 0 Å². The molecule has 0 spiro atoms. The number of amides is 1. The van der Waals surface area contributed by atoms with Gasteiger partial charge in [-0.15, -0.1) is 0 Å². The van der Waals surface area contributed by atoms with Crippen LogP contribution in [0.5, 0.6) is 0 Å². The molecule has 1 heterocycles. The van der Waals surface area contributed by atoms with Crippen molar-refractivity contribution < 1.29 is 13.6 Å². The molecule has 0 saturated carbocycles. The minimum absolute atomic E-state index is 0.204. The molecule has 0 fully saturated rings. The van der Waals surface area contributed by atoms with Gasteiger partial charge in [0.05, 0.1) is 11.3 Å². The van der Waals surface area contributed by atoms with Gasteiger partial charge in [0.25, 0.3) is 5.91 Å². The van der Waals surface area contributed by atoms with Crippen LogP contribution in [0.2, 0.25) is 0 Å². The lowest BCUT2D eigenvalue weighted by atomic mass is 10.1. The summed E-state index contributed by atoms with van der Waals surface area (Å²) in [6, 6.07) is 3.38. The van der Waals surface area contributed by atoms with Crippen LogP contribution in [-0.2, 0) is 6.54 Å². The fourth-order valence-electron chi connectivity index (χ4n) is 1.69. The molecule has 3 N–H and O–H groups in total. The molecule has 0 radical (unpaired) electrons. The van der Waals surface area contributed by atoms with Gasteiger partial charge in [0, 0.05) is 25.0 Å². The summed E-state index contributed by atoms with van der Waals surface area (Å²) in [6.07, 6.45) is 3.26. The van der Waals surface area contributed by atoms with E-state index < -0.39 is 17.5 Å². The van der Waals surface area contributed by atoms with E-state index >= 15 is 0 Å². The lowest BCUT2D eigenvalue weighted by Gasteiger charge is -2.09. The predicted molar refractivity (Wildman–Crippen MR) is 70.9 cm³/mol. The highest BCUT2D eigenvalue weighted by Crippen LogP contribution is 2.16. The molecule has 0 atom stereocenters. The van der Waals surface area contributed by atoms with Gasteiger partial charge >= 0.3 is 0 Å². The highest BCUT2D eigenvalue weighted by atomic mass is 19.1. The normalized spacial score (nSPS) is 10.3. The molecule has 6 heteroatoms. The number of hydrogen-bond acceptors (Lipinski definition) is 3. The molecule has 20 heavy (non-hydrogen) atoms. The third kappa shape index (κ3) is 2.90. The van der Waals surface area contributed by atoms with Crippen molar-refractivity contribution in [3.8, 4) is 0 Å². The second-order valence-electron chi connectivity index (χ2n) is 4.34. The summed E-state index contributed by atoms with van der Waals surface area (Å²) in [5, 5.41) is 2.55. The number of hydrogen-bond donors (Lipinski definition) is 2. The number of benzene rings is 1. The van der Waals surface area contributed by atoms with Gasteiger partial charge < -0.3 is 11.1 Å². The Balaban J connectivity index is 2.13. The summed E-state index contributed by atoms with van der Waals surface area (Å²) in [7, 11) is 0. The molecular formula is C14H13F2N3O. The standard InChI is InChI=1S/C14H13F2N3O/c1-8-2-3-18-6-9(8)7-19-14(20)10-4-13(17)12(16)5-11(10)15/h2-6H,7,17H2,1H3,(H,19,20). The Labute approximate surface area is 114 Å². The summed E-state index contributed by atoms with van der Waals surface area (Å²) in [5.41, 5.74) is 6.54. The third-order valence-electron chi connectivity index (χ3n) is 2.92. The molecule has 0 aliphatic heterocycles. The van der Waals surface area contributed by atoms with Gasteiger partial charge in [-0.1, -0.05) is 0 Å². The second-order valence-corrected chi connectivity index (χ2v) is 4.34. The predicted octanol–water partition coefficient (Wildman–Crippen LogP) is 2.18. The summed E-state index contributed by atoms with van der Waals surface area (Å²) < 4.78 is 26.5. The van der Waals surface area contributed by atoms with Crippen molar-refractivity contribution in [3.63, 3.8) is 0 Å². The zero-order chi connectivity index (χ0) is 14.7. The van der Waals surface area contributed by atoms with Gasteiger partial charge in [0.1, 0.15) is 11.6 Å². The van der Waals surface area contributed by atoms with Crippen molar-refractivity contribution in [3.05, 3.63) is 58.9 Å². The number of carbonyl (C=O) groups is 1. The van der Waals surface area contributed by atoms with E-state index in [2.05, 4.69) is 10.3 Å². The first-order valence-corrected chi connectivity index (χ1v) is 5.91. The van der Waals surface area contributed by atoms with Crippen molar-refractivity contribution in [2.45, 2.75) is 13.5 Å². The smallest absolute Gasteiger partial charge is 0.254 e. The molecule has 1 amide bonds. The first-order chi connectivity index (χ1) is 9.49. The molecule has 1 aromatic carbocycles. The highest BCUT2D eigenvalue weighted by molar-refractivity contribution is 5.95. The van der Waals surface area contributed by atoms with Crippen LogP contribution in [0.4, 0.5) is 14.5 Å². The first-order valence-electron chi connectivity index (χ1n) is 5.91. The molecular weight excluding hydrogens is 264 g/mol. The Hall–Kier alpha value is -2.50. The number of carbonyl (C=O) groups excluding carboxylic acids is 1. The van der Waals surface area contributed by atoms with Crippen molar-refractivity contribution in [2.75, 3.05) is 5.73 Å². The third-order valence-corrected chi connectivity index (χ3v) is 2.92. The van der Waals surface area contributed by atoms with Gasteiger partial charge in [-0.3, -0.25) is 9.78 Å². The van der Waals surface area contributed by atoms with Gasteiger partial charge in [0.15, 0.2) is 0 Å². The number of nitrogens with zero attached hydrogens (tertiary/aromatic N) is 1. The average Bonchev–Trinajstić information content (AvgIpc) is 2.41. The van der Waals surface area contributed by atoms with Crippen LogP contribution in [0.3, 0.4) is 0 Å². The summed E-state index contributed by atoms with van der Waals surface area (Å²) in [5.74, 6) is -2.49. The van der Waals surface area contributed by atoms with E-state index in [1.807, 2.05) is 6.92 Å². The maximum absolute atomic E-state index is 13.5. The molecule has 2 rings (SSSR count). The molecule has 0 aliphatic carbocycles. The van der Waals surface area contributed by atoms with Gasteiger partial charge in [-0.25, -0.2) is 8.78 Å². The number of aromatic nitrogens is 1. The lowest BCUT2D eigenvalue weighted by molar-refractivity contribution is 0.0947. The zero-order valence-corrected chi connectivity index (χ0v) is 10.8. The molecule has 2 aromatic rings. The largest absolute Gasteiger partial charge is 0.396 e. The molecule has 0 saturated heterocycles. The Morgan fingerprint density at radius 1 is 1.35 bits per heavy atom. The Morgan fingerprint density at radius 2 is 2.10 bits per heavy atom. The topological polar surface area (TPSA) is 68.0 Å². The van der Waals surface area contributed by atoms with E-state index in [0.29, 0.717) is 6.07 Å². The number of rotatable bonds is 3. The summed E-state index contributed by atoms with van der Waals surface area (Å²) in [4.78, 5) is 15.8. The number of anilines is 1. The summed E-state index contributed by atoms with van der Waals surface area (Å²) in [6.45, 7) is 2.08. The van der Waals surface area contributed by atoms with E-state index in [1.165, 1.54) is 0 Å². The average molecular weight is 277 g/mol. The highest BCUT2D eigenvalue weighted by Gasteiger charge is 2.15. The molecule has 104 valence electrons. The fourth-order valence-corrected chi connectivity index (χ4v) is 1.69. The van der Waals surface area contributed by atoms with Gasteiger partial charge in [-0.05, 0) is 30.2 Å². The van der Waals surface area contributed by atoms with Crippen molar-refractivity contribution in [1.29, 1.82) is 0 Å². The molecule has 0 aliphatic rings. The summed E-state index contributed by atoms with van der Waals surface area (Å²) >= 11 is 0. The minimum Gasteiger partial charge on any atom is -0.396 e. The lowest BCUT2D eigenvalue weighted by Crippen LogP contribution is -2.24. The zero-order valence-electron chi connectivity index (χ0n) is 10.8. The Kier molecular flexibility index (Phi) is 3.93. The monoisotopic (exact) mass is 277 g/mol. The van der Waals surface area contributed by atoms with Crippen LogP contribution in [0.1, 0.15) is 21.5 Å². The van der Waals surface area contributed by atoms with Crippen LogP contribution >= 0.6 is 0 Å². The second kappa shape index (κ2) is 5.64. The van der Waals surface area contributed by atoms with Crippen LogP contribution in [0.25, 0.3) is 0 Å². The number of aryl methyl sites for hydroxylation is 1. The molecule has 0 unspecified atom stereocenters. The SMILES string of the molecule is Cc1ccncc1CNC(=O)c1cc(N)c(F)cc1F. The van der Waals surface area contributed by atoms with Crippen molar-refractivity contribution in [1.82, 2.24) is 10.3 Å². The van der Waals surface area contributed by atoms with E-state index in [-0.39, 0.29) is 17.8 Å². The number of nitrogens with one attached hydrogen (secondary N) is 1. The molecule has 4 nitrogen and oxygen atoms in total. The van der Waals surface area contributed by atoms with E-state index in [0.717, 1.165) is 17.2 Å². The van der Waals surface area contributed by atoms with Gasteiger partial charge in [0.2, 0.25) is 0 Å². The number of halogens is 2. The van der Waals surface area contributed by atoms with E-state index in [1.54, 1.807) is 18.5 Å². The Morgan fingerprint density at radius 3 is 2.80 bits per heavy atom. The fraction of sp³-hybridized carbons (Fsp3) is 0.143. The molecule has 1 aromatic heterocycles. The molecule has 0 bridgehead atoms. The minimum atomic E-state index is -0.947. The number of pyridine rings is 1. The van der Waals surface area contributed by atoms with Crippen LogP contribution in [-0.4, -0.2) is 10.9 Å². The quantitative estimate of drug-likeness (QED) is 0.845. The van der Waals surface area contributed by atoms with E-state index in [4.69, 9.17) is 5.73 Å². The van der Waals surface area contributed by atoms with Crippen LogP contribution in [0.15, 0.2) is 30.6 Å². The van der Waals surface area contributed by atoms with Crippen molar-refractivity contribution >= 4 is 11.6 Å².